The SMILES string of the molecule is CCNC1CC2CCC(C1)N2C1CCN(C2CC2)C1. The lowest BCUT2D eigenvalue weighted by Crippen LogP contribution is -2.53. The van der Waals surface area contributed by atoms with E-state index in [9.17, 15) is 0 Å². The smallest absolute Gasteiger partial charge is 0.0241 e. The second-order valence-corrected chi connectivity index (χ2v) is 7.23. The van der Waals surface area contributed by atoms with Crippen molar-refractivity contribution in [1.29, 1.82) is 0 Å². The molecule has 1 saturated carbocycles. The molecule has 0 aromatic heterocycles. The maximum atomic E-state index is 3.70. The van der Waals surface area contributed by atoms with Crippen LogP contribution in [0.2, 0.25) is 0 Å². The molecule has 0 aromatic carbocycles. The van der Waals surface area contributed by atoms with E-state index in [1.54, 1.807) is 0 Å². The highest BCUT2D eigenvalue weighted by Crippen LogP contribution is 2.40. The maximum Gasteiger partial charge on any atom is 0.0241 e. The standard InChI is InChI=1S/C16H29N3/c1-2-17-12-9-14-5-6-15(10-12)19(14)16-7-8-18(11-16)13-3-4-13/h12-17H,2-11H2,1H3. The molecule has 4 fully saturated rings. The Balaban J connectivity index is 1.40. The van der Waals surface area contributed by atoms with Crippen LogP contribution in [-0.4, -0.2) is 59.6 Å². The van der Waals surface area contributed by atoms with E-state index in [1.165, 1.54) is 58.0 Å². The van der Waals surface area contributed by atoms with Gasteiger partial charge < -0.3 is 5.32 Å². The first-order valence-electron chi connectivity index (χ1n) is 8.60. The first-order valence-corrected chi connectivity index (χ1v) is 8.60. The van der Waals surface area contributed by atoms with E-state index in [-0.39, 0.29) is 0 Å². The monoisotopic (exact) mass is 263 g/mol. The zero-order chi connectivity index (χ0) is 12.8. The Labute approximate surface area is 117 Å². The van der Waals surface area contributed by atoms with E-state index in [0.717, 1.165) is 36.8 Å². The Morgan fingerprint density at radius 1 is 0.895 bits per heavy atom. The molecule has 0 radical (unpaired) electrons. The normalized spacial score (nSPS) is 44.1. The van der Waals surface area contributed by atoms with Crippen LogP contribution in [0.3, 0.4) is 0 Å². The van der Waals surface area contributed by atoms with Gasteiger partial charge in [0.25, 0.3) is 0 Å². The molecule has 3 saturated heterocycles. The number of rotatable bonds is 4. The Morgan fingerprint density at radius 2 is 1.58 bits per heavy atom. The summed E-state index contributed by atoms with van der Waals surface area (Å²) in [4.78, 5) is 5.73. The summed E-state index contributed by atoms with van der Waals surface area (Å²) in [7, 11) is 0. The number of piperidine rings is 1. The molecule has 0 amide bonds. The van der Waals surface area contributed by atoms with Crippen molar-refractivity contribution in [3.63, 3.8) is 0 Å². The molecule has 3 nitrogen and oxygen atoms in total. The third kappa shape index (κ3) is 2.34. The second kappa shape index (κ2) is 5.01. The Kier molecular flexibility index (Phi) is 3.33. The van der Waals surface area contributed by atoms with Gasteiger partial charge in [-0.1, -0.05) is 6.92 Å². The van der Waals surface area contributed by atoms with E-state index in [2.05, 4.69) is 22.0 Å². The molecule has 3 unspecified atom stereocenters. The van der Waals surface area contributed by atoms with Crippen molar-refractivity contribution in [2.24, 2.45) is 0 Å². The molecule has 19 heavy (non-hydrogen) atoms. The minimum atomic E-state index is 0.805. The van der Waals surface area contributed by atoms with Crippen molar-refractivity contribution >= 4 is 0 Å². The van der Waals surface area contributed by atoms with Crippen LogP contribution in [0, 0.1) is 0 Å². The summed E-state index contributed by atoms with van der Waals surface area (Å²) in [5, 5.41) is 3.70. The van der Waals surface area contributed by atoms with Gasteiger partial charge in [-0.3, -0.25) is 9.80 Å². The molecule has 1 N–H and O–H groups in total. The summed E-state index contributed by atoms with van der Waals surface area (Å²) in [6, 6.07) is 4.46. The average Bonchev–Trinajstić information content (AvgIpc) is 3.08. The van der Waals surface area contributed by atoms with Crippen LogP contribution in [0.4, 0.5) is 0 Å². The number of hydrogen-bond acceptors (Lipinski definition) is 3. The molecule has 3 aliphatic heterocycles. The molecule has 3 atom stereocenters. The minimum absolute atomic E-state index is 0.805. The lowest BCUT2D eigenvalue weighted by molar-refractivity contribution is 0.0724. The topological polar surface area (TPSA) is 18.5 Å². The molecule has 0 spiro atoms. The van der Waals surface area contributed by atoms with Crippen LogP contribution in [0.1, 0.15) is 51.9 Å². The highest BCUT2D eigenvalue weighted by Gasteiger charge is 2.46. The van der Waals surface area contributed by atoms with E-state index in [4.69, 9.17) is 0 Å². The summed E-state index contributed by atoms with van der Waals surface area (Å²) < 4.78 is 0. The molecule has 0 aromatic rings. The minimum Gasteiger partial charge on any atom is -0.314 e. The maximum absolute atomic E-state index is 3.70. The Bertz CT molecular complexity index is 314. The van der Waals surface area contributed by atoms with Gasteiger partial charge in [0, 0.05) is 43.3 Å². The van der Waals surface area contributed by atoms with Gasteiger partial charge in [0.1, 0.15) is 0 Å². The molecule has 3 heteroatoms. The highest BCUT2D eigenvalue weighted by atomic mass is 15.3. The molecular weight excluding hydrogens is 234 g/mol. The Hall–Kier alpha value is -0.120. The van der Waals surface area contributed by atoms with Gasteiger partial charge in [0.2, 0.25) is 0 Å². The zero-order valence-electron chi connectivity index (χ0n) is 12.4. The summed E-state index contributed by atoms with van der Waals surface area (Å²) >= 11 is 0. The lowest BCUT2D eigenvalue weighted by atomic mass is 9.95. The molecular formula is C16H29N3. The quantitative estimate of drug-likeness (QED) is 0.835. The number of hydrogen-bond donors (Lipinski definition) is 1. The molecule has 2 bridgehead atoms. The van der Waals surface area contributed by atoms with Gasteiger partial charge >= 0.3 is 0 Å². The first-order chi connectivity index (χ1) is 9.35. The van der Waals surface area contributed by atoms with Crippen LogP contribution >= 0.6 is 0 Å². The highest BCUT2D eigenvalue weighted by molar-refractivity contribution is 5.03. The largest absolute Gasteiger partial charge is 0.314 e. The van der Waals surface area contributed by atoms with Gasteiger partial charge in [0.05, 0.1) is 0 Å². The molecule has 4 rings (SSSR count). The molecule has 108 valence electrons. The summed E-state index contributed by atoms with van der Waals surface area (Å²) in [6.45, 7) is 6.15. The first kappa shape index (κ1) is 12.6. The van der Waals surface area contributed by atoms with Crippen molar-refractivity contribution in [3.05, 3.63) is 0 Å². The van der Waals surface area contributed by atoms with Gasteiger partial charge in [-0.25, -0.2) is 0 Å². The van der Waals surface area contributed by atoms with Gasteiger partial charge in [-0.2, -0.15) is 0 Å². The van der Waals surface area contributed by atoms with E-state index in [1.807, 2.05) is 0 Å². The predicted molar refractivity (Wildman–Crippen MR) is 78.3 cm³/mol. The van der Waals surface area contributed by atoms with Crippen molar-refractivity contribution < 1.29 is 0 Å². The fourth-order valence-corrected chi connectivity index (χ4v) is 5.05. The van der Waals surface area contributed by atoms with Gasteiger partial charge in [-0.05, 0) is 51.5 Å². The Morgan fingerprint density at radius 3 is 2.21 bits per heavy atom. The van der Waals surface area contributed by atoms with Crippen molar-refractivity contribution in [2.45, 2.75) is 82.1 Å². The number of likely N-dealkylation sites (tertiary alicyclic amines) is 1. The fourth-order valence-electron chi connectivity index (χ4n) is 5.05. The average molecular weight is 263 g/mol. The van der Waals surface area contributed by atoms with E-state index < -0.39 is 0 Å². The van der Waals surface area contributed by atoms with Crippen LogP contribution < -0.4 is 5.32 Å². The molecule has 3 heterocycles. The zero-order valence-corrected chi connectivity index (χ0v) is 12.4. The van der Waals surface area contributed by atoms with Crippen LogP contribution in [0.15, 0.2) is 0 Å². The van der Waals surface area contributed by atoms with Crippen LogP contribution in [-0.2, 0) is 0 Å². The third-order valence-electron chi connectivity index (χ3n) is 5.96. The number of nitrogens with one attached hydrogen (secondary N) is 1. The number of nitrogens with zero attached hydrogens (tertiary/aromatic N) is 2. The molecule has 1 aliphatic carbocycles. The van der Waals surface area contributed by atoms with E-state index in [0.29, 0.717) is 0 Å². The van der Waals surface area contributed by atoms with Crippen molar-refractivity contribution in [3.8, 4) is 0 Å². The summed E-state index contributed by atoms with van der Waals surface area (Å²) in [5.74, 6) is 0. The second-order valence-electron chi connectivity index (χ2n) is 7.23. The number of fused-ring (bicyclic) bond motifs is 2. The van der Waals surface area contributed by atoms with Gasteiger partial charge in [0.15, 0.2) is 0 Å². The predicted octanol–water partition coefficient (Wildman–Crippen LogP) is 1.83. The lowest BCUT2D eigenvalue weighted by Gasteiger charge is -2.42. The van der Waals surface area contributed by atoms with Crippen LogP contribution in [0.25, 0.3) is 0 Å². The van der Waals surface area contributed by atoms with Crippen LogP contribution in [0.5, 0.6) is 0 Å². The van der Waals surface area contributed by atoms with E-state index >= 15 is 0 Å². The fraction of sp³-hybridized carbons (Fsp3) is 1.00. The summed E-state index contributed by atoms with van der Waals surface area (Å²) in [6.07, 6.45) is 10.1. The van der Waals surface area contributed by atoms with Gasteiger partial charge in [-0.15, -0.1) is 0 Å². The third-order valence-corrected chi connectivity index (χ3v) is 5.96. The van der Waals surface area contributed by atoms with Crippen molar-refractivity contribution in [2.75, 3.05) is 19.6 Å². The summed E-state index contributed by atoms with van der Waals surface area (Å²) in [5.41, 5.74) is 0. The van der Waals surface area contributed by atoms with Crippen molar-refractivity contribution in [1.82, 2.24) is 15.1 Å². The molecule has 4 aliphatic rings.